The number of hydrogen-bond acceptors (Lipinski definition) is 3. The first-order valence-corrected chi connectivity index (χ1v) is 9.20. The van der Waals surface area contributed by atoms with Crippen molar-refractivity contribution in [1.82, 2.24) is 9.88 Å². The van der Waals surface area contributed by atoms with Gasteiger partial charge in [-0.15, -0.1) is 0 Å². The SMILES string of the molecule is COc1ccc(C(=O)CNC(=O)CC2(n3cccc3)CCCCC2)cc1. The van der Waals surface area contributed by atoms with Crippen LogP contribution in [0.2, 0.25) is 0 Å². The van der Waals surface area contributed by atoms with Gasteiger partial charge in [0, 0.05) is 18.0 Å². The van der Waals surface area contributed by atoms with Crippen LogP contribution in [0.15, 0.2) is 48.8 Å². The number of ether oxygens (including phenoxy) is 1. The molecule has 1 aromatic heterocycles. The molecular weight excluding hydrogens is 328 g/mol. The van der Waals surface area contributed by atoms with Gasteiger partial charge >= 0.3 is 0 Å². The Morgan fingerprint density at radius 3 is 2.35 bits per heavy atom. The van der Waals surface area contributed by atoms with Crippen molar-refractivity contribution in [2.75, 3.05) is 13.7 Å². The maximum Gasteiger partial charge on any atom is 0.222 e. The summed E-state index contributed by atoms with van der Waals surface area (Å²) in [7, 11) is 1.59. The lowest BCUT2D eigenvalue weighted by Crippen LogP contribution is -2.41. The molecular formula is C21H26N2O3. The molecule has 26 heavy (non-hydrogen) atoms. The topological polar surface area (TPSA) is 60.3 Å². The standard InChI is InChI=1S/C21H26N2O3/c1-26-18-9-7-17(8-10-18)19(24)16-22-20(25)15-21(11-3-2-4-12-21)23-13-5-6-14-23/h5-10,13-14H,2-4,11-12,15-16H2,1H3,(H,22,25). The van der Waals surface area contributed by atoms with Gasteiger partial charge in [-0.25, -0.2) is 0 Å². The lowest BCUT2D eigenvalue weighted by molar-refractivity contribution is -0.123. The third kappa shape index (κ3) is 4.15. The Balaban J connectivity index is 1.59. The second-order valence-electron chi connectivity index (χ2n) is 6.98. The second kappa shape index (κ2) is 8.21. The molecule has 0 atom stereocenters. The highest BCUT2D eigenvalue weighted by Crippen LogP contribution is 2.37. The summed E-state index contributed by atoms with van der Waals surface area (Å²) in [6, 6.07) is 10.9. The van der Waals surface area contributed by atoms with E-state index in [1.54, 1.807) is 31.4 Å². The number of amides is 1. The maximum absolute atomic E-state index is 12.6. The predicted octanol–water partition coefficient (Wildman–Crippen LogP) is 3.55. The van der Waals surface area contributed by atoms with E-state index < -0.39 is 0 Å². The van der Waals surface area contributed by atoms with Crippen molar-refractivity contribution in [3.63, 3.8) is 0 Å². The summed E-state index contributed by atoms with van der Waals surface area (Å²) in [5.41, 5.74) is 0.415. The summed E-state index contributed by atoms with van der Waals surface area (Å²) in [6.45, 7) is 0.0208. The van der Waals surface area contributed by atoms with Gasteiger partial charge in [0.15, 0.2) is 5.78 Å². The summed E-state index contributed by atoms with van der Waals surface area (Å²) < 4.78 is 7.27. The Labute approximate surface area is 154 Å². The van der Waals surface area contributed by atoms with Crippen LogP contribution in [-0.4, -0.2) is 29.9 Å². The quantitative estimate of drug-likeness (QED) is 0.774. The van der Waals surface area contributed by atoms with Crippen LogP contribution in [0.5, 0.6) is 5.75 Å². The summed E-state index contributed by atoms with van der Waals surface area (Å²) in [5.74, 6) is 0.540. The van der Waals surface area contributed by atoms with Crippen molar-refractivity contribution in [1.29, 1.82) is 0 Å². The highest BCUT2D eigenvalue weighted by atomic mass is 16.5. The zero-order chi connectivity index (χ0) is 18.4. The van der Waals surface area contributed by atoms with Crippen molar-refractivity contribution in [2.45, 2.75) is 44.1 Å². The molecule has 0 radical (unpaired) electrons. The summed E-state index contributed by atoms with van der Waals surface area (Å²) in [4.78, 5) is 24.8. The summed E-state index contributed by atoms with van der Waals surface area (Å²) in [6.07, 6.45) is 10.00. The van der Waals surface area contributed by atoms with E-state index in [-0.39, 0.29) is 23.8 Å². The first kappa shape index (κ1) is 18.2. The molecule has 0 bridgehead atoms. The van der Waals surface area contributed by atoms with E-state index in [1.807, 2.05) is 24.5 Å². The average molecular weight is 354 g/mol. The van der Waals surface area contributed by atoms with Crippen LogP contribution in [0, 0.1) is 0 Å². The largest absolute Gasteiger partial charge is 0.497 e. The molecule has 1 fully saturated rings. The summed E-state index contributed by atoms with van der Waals surface area (Å²) in [5, 5.41) is 2.81. The molecule has 1 amide bonds. The maximum atomic E-state index is 12.6. The fourth-order valence-electron chi connectivity index (χ4n) is 3.81. The minimum atomic E-state index is -0.158. The van der Waals surface area contributed by atoms with E-state index in [1.165, 1.54) is 6.42 Å². The fraction of sp³-hybridized carbons (Fsp3) is 0.429. The van der Waals surface area contributed by atoms with Gasteiger partial charge in [-0.05, 0) is 49.2 Å². The number of benzene rings is 1. The monoisotopic (exact) mass is 354 g/mol. The van der Waals surface area contributed by atoms with Crippen molar-refractivity contribution < 1.29 is 14.3 Å². The van der Waals surface area contributed by atoms with Crippen LogP contribution < -0.4 is 10.1 Å². The highest BCUT2D eigenvalue weighted by Gasteiger charge is 2.35. The van der Waals surface area contributed by atoms with Crippen LogP contribution in [0.25, 0.3) is 0 Å². The van der Waals surface area contributed by atoms with Crippen LogP contribution in [0.3, 0.4) is 0 Å². The van der Waals surface area contributed by atoms with E-state index in [2.05, 4.69) is 9.88 Å². The van der Waals surface area contributed by atoms with E-state index in [4.69, 9.17) is 4.74 Å². The molecule has 1 saturated carbocycles. The molecule has 1 heterocycles. The van der Waals surface area contributed by atoms with Gasteiger partial charge in [0.25, 0.3) is 0 Å². The number of carbonyl (C=O) groups is 2. The molecule has 3 rings (SSSR count). The van der Waals surface area contributed by atoms with E-state index in [9.17, 15) is 9.59 Å². The van der Waals surface area contributed by atoms with E-state index in [0.29, 0.717) is 17.7 Å². The average Bonchev–Trinajstić information content (AvgIpc) is 3.22. The normalized spacial score (nSPS) is 16.0. The number of nitrogens with zero attached hydrogens (tertiary/aromatic N) is 1. The number of rotatable bonds is 7. The minimum Gasteiger partial charge on any atom is -0.497 e. The highest BCUT2D eigenvalue weighted by molar-refractivity contribution is 5.99. The number of Topliss-reactive ketones (excluding diaryl/α,β-unsaturated/α-hetero) is 1. The molecule has 0 saturated heterocycles. The lowest BCUT2D eigenvalue weighted by atomic mass is 9.78. The Bertz CT molecular complexity index is 729. The number of carbonyl (C=O) groups excluding carboxylic acids is 2. The zero-order valence-electron chi connectivity index (χ0n) is 15.2. The molecule has 0 spiro atoms. The van der Waals surface area contributed by atoms with Crippen molar-refractivity contribution in [3.05, 3.63) is 54.4 Å². The summed E-state index contributed by atoms with van der Waals surface area (Å²) >= 11 is 0. The molecule has 1 N–H and O–H groups in total. The minimum absolute atomic E-state index is 0.0208. The van der Waals surface area contributed by atoms with Gasteiger partial charge in [0.05, 0.1) is 25.6 Å². The van der Waals surface area contributed by atoms with Gasteiger partial charge in [-0.2, -0.15) is 0 Å². The van der Waals surface area contributed by atoms with E-state index >= 15 is 0 Å². The molecule has 1 aromatic carbocycles. The van der Waals surface area contributed by atoms with Crippen molar-refractivity contribution in [2.24, 2.45) is 0 Å². The van der Waals surface area contributed by atoms with Crippen molar-refractivity contribution >= 4 is 11.7 Å². The fourth-order valence-corrected chi connectivity index (χ4v) is 3.81. The number of nitrogens with one attached hydrogen (secondary N) is 1. The number of hydrogen-bond donors (Lipinski definition) is 1. The molecule has 1 aliphatic carbocycles. The number of methoxy groups -OCH3 is 1. The van der Waals surface area contributed by atoms with Crippen molar-refractivity contribution in [3.8, 4) is 5.75 Å². The first-order valence-electron chi connectivity index (χ1n) is 9.20. The van der Waals surface area contributed by atoms with E-state index in [0.717, 1.165) is 25.7 Å². The van der Waals surface area contributed by atoms with Crippen LogP contribution in [0.1, 0.15) is 48.9 Å². The van der Waals surface area contributed by atoms with Gasteiger partial charge < -0.3 is 14.6 Å². The molecule has 0 aliphatic heterocycles. The van der Waals surface area contributed by atoms with Gasteiger partial charge in [0.1, 0.15) is 5.75 Å². The Hall–Kier alpha value is -2.56. The molecule has 1 aliphatic rings. The zero-order valence-corrected chi connectivity index (χ0v) is 15.2. The van der Waals surface area contributed by atoms with Gasteiger partial charge in [0.2, 0.25) is 5.91 Å². The van der Waals surface area contributed by atoms with Crippen LogP contribution >= 0.6 is 0 Å². The predicted molar refractivity (Wildman–Crippen MR) is 100 cm³/mol. The number of ketones is 1. The van der Waals surface area contributed by atoms with Gasteiger partial charge in [-0.1, -0.05) is 19.3 Å². The third-order valence-electron chi connectivity index (χ3n) is 5.28. The third-order valence-corrected chi connectivity index (χ3v) is 5.28. The van der Waals surface area contributed by atoms with Crippen LogP contribution in [0.4, 0.5) is 0 Å². The molecule has 138 valence electrons. The molecule has 0 unspecified atom stereocenters. The Kier molecular flexibility index (Phi) is 5.76. The Morgan fingerprint density at radius 2 is 1.73 bits per heavy atom. The second-order valence-corrected chi connectivity index (χ2v) is 6.98. The molecule has 5 heteroatoms. The Morgan fingerprint density at radius 1 is 1.08 bits per heavy atom. The first-order chi connectivity index (χ1) is 12.6. The smallest absolute Gasteiger partial charge is 0.222 e. The van der Waals surface area contributed by atoms with Gasteiger partial charge in [-0.3, -0.25) is 9.59 Å². The molecule has 5 nitrogen and oxygen atoms in total. The number of aromatic nitrogens is 1. The van der Waals surface area contributed by atoms with Crippen LogP contribution in [-0.2, 0) is 10.3 Å². The molecule has 2 aromatic rings. The lowest BCUT2D eigenvalue weighted by Gasteiger charge is -2.38.